The van der Waals surface area contributed by atoms with Crippen molar-refractivity contribution in [3.05, 3.63) is 41.8 Å². The number of hydrazine groups is 1. The third kappa shape index (κ3) is 4.87. The van der Waals surface area contributed by atoms with Gasteiger partial charge in [-0.2, -0.15) is 0 Å². The number of fused-ring (bicyclic) bond motifs is 1. The zero-order valence-electron chi connectivity index (χ0n) is 18.7. The van der Waals surface area contributed by atoms with Gasteiger partial charge in [0.05, 0.1) is 11.6 Å². The molecule has 32 heavy (non-hydrogen) atoms. The van der Waals surface area contributed by atoms with E-state index in [2.05, 4.69) is 10.4 Å². The van der Waals surface area contributed by atoms with Crippen molar-refractivity contribution in [2.75, 3.05) is 0 Å². The number of primary amides is 1. The molecule has 7 heteroatoms. The maximum atomic E-state index is 13.8. The van der Waals surface area contributed by atoms with Crippen molar-refractivity contribution >= 4 is 22.8 Å². The third-order valence-electron chi connectivity index (χ3n) is 7.48. The SMILES string of the molecule is C[C@H](C1CCC(c2ccnc3ccc(F)cc23)CC1)N(NC(=O)C1CCCCC1)C(N)=O. The van der Waals surface area contributed by atoms with Gasteiger partial charge in [-0.25, -0.2) is 14.2 Å². The van der Waals surface area contributed by atoms with Gasteiger partial charge in [0.1, 0.15) is 5.82 Å². The third-order valence-corrected chi connectivity index (χ3v) is 7.48. The number of pyridine rings is 1. The van der Waals surface area contributed by atoms with Crippen LogP contribution in [0.2, 0.25) is 0 Å². The summed E-state index contributed by atoms with van der Waals surface area (Å²) >= 11 is 0. The molecule has 3 N–H and O–H groups in total. The lowest BCUT2D eigenvalue weighted by Gasteiger charge is -2.38. The average Bonchev–Trinajstić information content (AvgIpc) is 2.82. The smallest absolute Gasteiger partial charge is 0.333 e. The summed E-state index contributed by atoms with van der Waals surface area (Å²) in [5.41, 5.74) is 10.4. The highest BCUT2D eigenvalue weighted by atomic mass is 19.1. The molecule has 0 unspecified atom stereocenters. The molecule has 2 saturated carbocycles. The number of halogens is 1. The van der Waals surface area contributed by atoms with Gasteiger partial charge in [-0.3, -0.25) is 15.2 Å². The topological polar surface area (TPSA) is 88.3 Å². The van der Waals surface area contributed by atoms with Gasteiger partial charge in [0, 0.05) is 17.5 Å². The summed E-state index contributed by atoms with van der Waals surface area (Å²) in [5, 5.41) is 2.22. The van der Waals surface area contributed by atoms with Crippen LogP contribution in [0.25, 0.3) is 10.9 Å². The lowest BCUT2D eigenvalue weighted by atomic mass is 9.75. The van der Waals surface area contributed by atoms with E-state index in [0.717, 1.165) is 67.8 Å². The highest BCUT2D eigenvalue weighted by Gasteiger charge is 2.33. The minimum absolute atomic E-state index is 0.0334. The van der Waals surface area contributed by atoms with E-state index in [0.29, 0.717) is 5.92 Å². The van der Waals surface area contributed by atoms with Gasteiger partial charge in [-0.05, 0) is 87.1 Å². The van der Waals surface area contributed by atoms with Crippen molar-refractivity contribution in [2.45, 2.75) is 76.7 Å². The monoisotopic (exact) mass is 440 g/mol. The molecule has 1 aromatic heterocycles. The normalized spacial score (nSPS) is 22.9. The molecule has 0 saturated heterocycles. The second kappa shape index (κ2) is 9.84. The standard InChI is InChI=1S/C25H33FN4O2/c1-16(30(25(27)32)29-24(31)19-5-3-2-4-6-19)17-7-9-18(10-8-17)21-13-14-28-23-12-11-20(26)15-22(21)23/h11-19H,2-10H2,1H3,(H2,27,32)(H,29,31)/t16-,17?,18?/m1/s1. The summed E-state index contributed by atoms with van der Waals surface area (Å²) in [6, 6.07) is 5.95. The number of nitrogens with two attached hydrogens (primary N) is 1. The number of rotatable bonds is 4. The summed E-state index contributed by atoms with van der Waals surface area (Å²) in [5.74, 6) is 0.197. The highest BCUT2D eigenvalue weighted by Crippen LogP contribution is 2.40. The van der Waals surface area contributed by atoms with E-state index < -0.39 is 6.03 Å². The minimum atomic E-state index is -0.612. The van der Waals surface area contributed by atoms with Crippen LogP contribution in [0.5, 0.6) is 0 Å². The van der Waals surface area contributed by atoms with Crippen molar-refractivity contribution in [1.82, 2.24) is 15.4 Å². The molecule has 0 bridgehead atoms. The molecule has 0 aliphatic heterocycles. The summed E-state index contributed by atoms with van der Waals surface area (Å²) in [4.78, 5) is 29.2. The molecular formula is C25H33FN4O2. The molecule has 2 aliphatic rings. The van der Waals surface area contributed by atoms with E-state index in [1.54, 1.807) is 18.3 Å². The van der Waals surface area contributed by atoms with Crippen LogP contribution in [0, 0.1) is 17.7 Å². The van der Waals surface area contributed by atoms with Crippen LogP contribution >= 0.6 is 0 Å². The van der Waals surface area contributed by atoms with Crippen molar-refractivity contribution < 1.29 is 14.0 Å². The lowest BCUT2D eigenvalue weighted by molar-refractivity contribution is -0.131. The zero-order valence-corrected chi connectivity index (χ0v) is 18.7. The second-order valence-corrected chi connectivity index (χ2v) is 9.43. The Balaban J connectivity index is 1.41. The van der Waals surface area contributed by atoms with E-state index in [1.807, 2.05) is 13.0 Å². The van der Waals surface area contributed by atoms with Gasteiger partial charge in [-0.1, -0.05) is 19.3 Å². The predicted molar refractivity (Wildman–Crippen MR) is 122 cm³/mol. The van der Waals surface area contributed by atoms with Crippen molar-refractivity contribution in [1.29, 1.82) is 0 Å². The minimum Gasteiger partial charge on any atom is -0.350 e. The van der Waals surface area contributed by atoms with Gasteiger partial charge < -0.3 is 5.73 Å². The van der Waals surface area contributed by atoms with Crippen LogP contribution in [-0.4, -0.2) is 28.0 Å². The van der Waals surface area contributed by atoms with Gasteiger partial charge in [0.15, 0.2) is 0 Å². The molecule has 1 aromatic carbocycles. The number of nitrogens with zero attached hydrogens (tertiary/aromatic N) is 2. The molecule has 172 valence electrons. The van der Waals surface area contributed by atoms with Crippen molar-refractivity contribution in [2.24, 2.45) is 17.6 Å². The first-order valence-corrected chi connectivity index (χ1v) is 11.9. The maximum Gasteiger partial charge on any atom is 0.333 e. The summed E-state index contributed by atoms with van der Waals surface area (Å²) in [7, 11) is 0. The molecule has 2 aliphatic carbocycles. The molecule has 1 heterocycles. The van der Waals surface area contributed by atoms with Gasteiger partial charge in [0.2, 0.25) is 5.91 Å². The first kappa shape index (κ1) is 22.5. The van der Waals surface area contributed by atoms with E-state index >= 15 is 0 Å². The van der Waals surface area contributed by atoms with Crippen molar-refractivity contribution in [3.63, 3.8) is 0 Å². The number of urea groups is 1. The highest BCUT2D eigenvalue weighted by molar-refractivity contribution is 5.83. The Bertz CT molecular complexity index is 968. The Kier molecular flexibility index (Phi) is 6.92. The first-order chi connectivity index (χ1) is 15.4. The van der Waals surface area contributed by atoms with E-state index in [-0.39, 0.29) is 29.6 Å². The fourth-order valence-corrected chi connectivity index (χ4v) is 5.55. The molecule has 1 atom stereocenters. The van der Waals surface area contributed by atoms with Crippen LogP contribution in [-0.2, 0) is 4.79 Å². The van der Waals surface area contributed by atoms with E-state index in [1.165, 1.54) is 17.5 Å². The largest absolute Gasteiger partial charge is 0.350 e. The maximum absolute atomic E-state index is 13.8. The summed E-state index contributed by atoms with van der Waals surface area (Å²) in [6.45, 7) is 1.97. The Morgan fingerprint density at radius 1 is 1.09 bits per heavy atom. The molecule has 2 aromatic rings. The molecular weight excluding hydrogens is 407 g/mol. The second-order valence-electron chi connectivity index (χ2n) is 9.43. The molecule has 6 nitrogen and oxygen atoms in total. The quantitative estimate of drug-likeness (QED) is 0.654. The molecule has 0 radical (unpaired) electrons. The van der Waals surface area contributed by atoms with E-state index in [4.69, 9.17) is 5.73 Å². The van der Waals surface area contributed by atoms with Gasteiger partial charge in [-0.15, -0.1) is 0 Å². The zero-order chi connectivity index (χ0) is 22.7. The van der Waals surface area contributed by atoms with Crippen LogP contribution < -0.4 is 11.2 Å². The first-order valence-electron chi connectivity index (χ1n) is 11.9. The molecule has 2 fully saturated rings. The Morgan fingerprint density at radius 3 is 2.50 bits per heavy atom. The van der Waals surface area contributed by atoms with Crippen molar-refractivity contribution in [3.8, 4) is 0 Å². The van der Waals surface area contributed by atoms with Crippen LogP contribution in [0.4, 0.5) is 9.18 Å². The Labute approximate surface area is 188 Å². The van der Waals surface area contributed by atoms with Crippen LogP contribution in [0.1, 0.15) is 76.2 Å². The number of nitrogens with one attached hydrogen (secondary N) is 1. The fraction of sp³-hybridized carbons (Fsp3) is 0.560. The summed E-state index contributed by atoms with van der Waals surface area (Å²) in [6.07, 6.45) is 10.5. The number of carbonyl (C=O) groups is 2. The number of amides is 3. The number of aromatic nitrogens is 1. The lowest BCUT2D eigenvalue weighted by Crippen LogP contribution is -2.57. The molecule has 4 rings (SSSR count). The van der Waals surface area contributed by atoms with E-state index in [9.17, 15) is 14.0 Å². The average molecular weight is 441 g/mol. The predicted octanol–water partition coefficient (Wildman–Crippen LogP) is 5.03. The number of hydrogen-bond donors (Lipinski definition) is 2. The number of benzene rings is 1. The van der Waals surface area contributed by atoms with Crippen LogP contribution in [0.15, 0.2) is 30.5 Å². The Morgan fingerprint density at radius 2 is 1.81 bits per heavy atom. The number of carbonyl (C=O) groups excluding carboxylic acids is 2. The molecule has 0 spiro atoms. The van der Waals surface area contributed by atoms with Gasteiger partial charge in [0.25, 0.3) is 0 Å². The Hall–Kier alpha value is -2.70. The number of hydrogen-bond acceptors (Lipinski definition) is 3. The summed E-state index contributed by atoms with van der Waals surface area (Å²) < 4.78 is 13.8. The van der Waals surface area contributed by atoms with Crippen LogP contribution in [0.3, 0.4) is 0 Å². The molecule has 3 amide bonds. The van der Waals surface area contributed by atoms with Gasteiger partial charge >= 0.3 is 6.03 Å². The fourth-order valence-electron chi connectivity index (χ4n) is 5.55.